The summed E-state index contributed by atoms with van der Waals surface area (Å²) < 4.78 is 5.76. The first kappa shape index (κ1) is 18.4. The Morgan fingerprint density at radius 1 is 1.32 bits per heavy atom. The molecule has 1 amide bonds. The molecule has 140 valence electrons. The largest absolute Gasteiger partial charge is 0.455 e. The van der Waals surface area contributed by atoms with E-state index in [9.17, 15) is 15.0 Å². The highest BCUT2D eigenvalue weighted by atomic mass is 16.4. The van der Waals surface area contributed by atoms with E-state index in [4.69, 9.17) is 4.42 Å². The molecule has 2 saturated heterocycles. The summed E-state index contributed by atoms with van der Waals surface area (Å²) in [6.07, 6.45) is 4.04. The van der Waals surface area contributed by atoms with Gasteiger partial charge in [0.2, 0.25) is 0 Å². The number of carbonyl (C=O) groups excluding carboxylic acids is 1. The van der Waals surface area contributed by atoms with Crippen LogP contribution in [0.3, 0.4) is 0 Å². The predicted octanol–water partition coefficient (Wildman–Crippen LogP) is 1.86. The van der Waals surface area contributed by atoms with E-state index < -0.39 is 11.5 Å². The summed E-state index contributed by atoms with van der Waals surface area (Å²) in [5, 5.41) is 20.3. The number of aliphatic hydroxyl groups is 2. The van der Waals surface area contributed by atoms with Crippen molar-refractivity contribution in [1.82, 2.24) is 9.80 Å². The summed E-state index contributed by atoms with van der Waals surface area (Å²) in [5.41, 5.74) is -0.477. The van der Waals surface area contributed by atoms with E-state index in [0.29, 0.717) is 18.7 Å². The van der Waals surface area contributed by atoms with Crippen molar-refractivity contribution in [2.75, 3.05) is 32.8 Å². The Morgan fingerprint density at radius 2 is 2.08 bits per heavy atom. The molecule has 3 rings (SSSR count). The topological polar surface area (TPSA) is 77.2 Å². The van der Waals surface area contributed by atoms with Crippen LogP contribution in [0.25, 0.3) is 0 Å². The number of piperidine rings is 1. The third kappa shape index (κ3) is 3.91. The monoisotopic (exact) mass is 350 g/mol. The second-order valence-corrected chi connectivity index (χ2v) is 7.54. The van der Waals surface area contributed by atoms with Crippen molar-refractivity contribution in [3.8, 4) is 0 Å². The lowest BCUT2D eigenvalue weighted by atomic mass is 9.73. The van der Waals surface area contributed by atoms with Crippen LogP contribution in [0.2, 0.25) is 0 Å². The number of hydrogen-bond acceptors (Lipinski definition) is 5. The van der Waals surface area contributed by atoms with E-state index in [2.05, 4.69) is 4.90 Å². The molecule has 0 aliphatic carbocycles. The molecular weight excluding hydrogens is 320 g/mol. The van der Waals surface area contributed by atoms with E-state index >= 15 is 0 Å². The molecule has 6 nitrogen and oxygen atoms in total. The quantitative estimate of drug-likeness (QED) is 0.819. The molecule has 3 heterocycles. The van der Waals surface area contributed by atoms with Crippen LogP contribution in [-0.2, 0) is 6.54 Å². The molecule has 6 heteroatoms. The van der Waals surface area contributed by atoms with Crippen molar-refractivity contribution < 1.29 is 19.4 Å². The Labute approximate surface area is 149 Å². The Balaban J connectivity index is 1.61. The highest BCUT2D eigenvalue weighted by Gasteiger charge is 2.42. The first-order valence-corrected chi connectivity index (χ1v) is 9.47. The van der Waals surface area contributed by atoms with Crippen LogP contribution in [0, 0.1) is 5.41 Å². The van der Waals surface area contributed by atoms with Gasteiger partial charge in [-0.15, -0.1) is 0 Å². The average molecular weight is 350 g/mol. The number of nitrogens with zero attached hydrogens (tertiary/aromatic N) is 2. The lowest BCUT2D eigenvalue weighted by Crippen LogP contribution is -2.54. The predicted molar refractivity (Wildman–Crippen MR) is 94.2 cm³/mol. The van der Waals surface area contributed by atoms with Gasteiger partial charge in [-0.1, -0.05) is 13.3 Å². The number of likely N-dealkylation sites (tertiary alicyclic amines) is 2. The van der Waals surface area contributed by atoms with Gasteiger partial charge < -0.3 is 19.5 Å². The molecule has 0 radical (unpaired) electrons. The van der Waals surface area contributed by atoms with Crippen molar-refractivity contribution in [2.24, 2.45) is 5.41 Å². The van der Waals surface area contributed by atoms with E-state index in [1.54, 1.807) is 11.0 Å². The lowest BCUT2D eigenvalue weighted by Gasteiger charge is -2.44. The first-order chi connectivity index (χ1) is 12.1. The molecule has 2 atom stereocenters. The standard InChI is InChI=1S/C19H30N2O4/c1-2-7-19(14-22)8-11-21(13-17(19)23)18(24)16-6-5-15(25-16)12-20-9-3-4-10-20/h5-6,17,22-23H,2-4,7-14H2,1H3/t17-,19-/m1/s1. The van der Waals surface area contributed by atoms with Gasteiger partial charge in [0, 0.05) is 18.5 Å². The van der Waals surface area contributed by atoms with Gasteiger partial charge in [0.05, 0.1) is 19.3 Å². The Bertz CT molecular complexity index is 582. The minimum Gasteiger partial charge on any atom is -0.455 e. The van der Waals surface area contributed by atoms with Crippen molar-refractivity contribution >= 4 is 5.91 Å². The van der Waals surface area contributed by atoms with Crippen LogP contribution in [0.4, 0.5) is 0 Å². The second kappa shape index (κ2) is 7.89. The number of carbonyl (C=O) groups is 1. The fraction of sp³-hybridized carbons (Fsp3) is 0.737. The smallest absolute Gasteiger partial charge is 0.289 e. The van der Waals surface area contributed by atoms with Crippen LogP contribution >= 0.6 is 0 Å². The van der Waals surface area contributed by atoms with Gasteiger partial charge >= 0.3 is 0 Å². The van der Waals surface area contributed by atoms with Crippen LogP contribution in [0.15, 0.2) is 16.5 Å². The zero-order chi connectivity index (χ0) is 17.9. The summed E-state index contributed by atoms with van der Waals surface area (Å²) >= 11 is 0. The SMILES string of the molecule is CCC[C@]1(CO)CCN(C(=O)c2ccc(CN3CCCC3)o2)C[C@H]1O. The van der Waals surface area contributed by atoms with Gasteiger partial charge in [0.25, 0.3) is 5.91 Å². The molecule has 0 unspecified atom stereocenters. The molecule has 2 aliphatic rings. The van der Waals surface area contributed by atoms with Crippen LogP contribution in [0.5, 0.6) is 0 Å². The third-order valence-corrected chi connectivity index (χ3v) is 5.78. The number of hydrogen-bond donors (Lipinski definition) is 2. The maximum Gasteiger partial charge on any atom is 0.289 e. The average Bonchev–Trinajstić information content (AvgIpc) is 3.29. The molecular formula is C19H30N2O4. The van der Waals surface area contributed by atoms with Gasteiger partial charge in [0.15, 0.2) is 5.76 Å². The molecule has 0 saturated carbocycles. The van der Waals surface area contributed by atoms with Gasteiger partial charge in [-0.2, -0.15) is 0 Å². The maximum absolute atomic E-state index is 12.7. The van der Waals surface area contributed by atoms with Gasteiger partial charge in [-0.25, -0.2) is 0 Å². The molecule has 2 N–H and O–H groups in total. The summed E-state index contributed by atoms with van der Waals surface area (Å²) in [7, 11) is 0. The molecule has 2 aliphatic heterocycles. The summed E-state index contributed by atoms with van der Waals surface area (Å²) in [4.78, 5) is 16.7. The van der Waals surface area contributed by atoms with Crippen LogP contribution < -0.4 is 0 Å². The van der Waals surface area contributed by atoms with E-state index in [-0.39, 0.29) is 19.1 Å². The zero-order valence-corrected chi connectivity index (χ0v) is 15.1. The highest BCUT2D eigenvalue weighted by molar-refractivity contribution is 5.91. The highest BCUT2D eigenvalue weighted by Crippen LogP contribution is 2.36. The zero-order valence-electron chi connectivity index (χ0n) is 15.1. The molecule has 25 heavy (non-hydrogen) atoms. The van der Waals surface area contributed by atoms with Crippen molar-refractivity contribution in [3.63, 3.8) is 0 Å². The summed E-state index contributed by atoms with van der Waals surface area (Å²) in [6, 6.07) is 3.61. The molecule has 0 spiro atoms. The van der Waals surface area contributed by atoms with Crippen molar-refractivity contribution in [3.05, 3.63) is 23.7 Å². The van der Waals surface area contributed by atoms with Crippen molar-refractivity contribution in [1.29, 1.82) is 0 Å². The minimum absolute atomic E-state index is 0.0369. The number of aliphatic hydroxyl groups excluding tert-OH is 2. The summed E-state index contributed by atoms with van der Waals surface area (Å²) in [5.74, 6) is 0.988. The fourth-order valence-corrected chi connectivity index (χ4v) is 4.15. The van der Waals surface area contributed by atoms with E-state index in [1.807, 2.05) is 13.0 Å². The molecule has 1 aromatic heterocycles. The fourth-order valence-electron chi connectivity index (χ4n) is 4.15. The normalized spacial score (nSPS) is 27.8. The Kier molecular flexibility index (Phi) is 5.81. The van der Waals surface area contributed by atoms with Crippen LogP contribution in [-0.4, -0.2) is 64.8 Å². The third-order valence-electron chi connectivity index (χ3n) is 5.78. The van der Waals surface area contributed by atoms with Crippen molar-refractivity contribution in [2.45, 2.75) is 51.7 Å². The Hall–Kier alpha value is -1.37. The number of rotatable bonds is 6. The number of furan rings is 1. The second-order valence-electron chi connectivity index (χ2n) is 7.54. The lowest BCUT2D eigenvalue weighted by molar-refractivity contribution is -0.0717. The summed E-state index contributed by atoms with van der Waals surface area (Å²) in [6.45, 7) is 5.73. The van der Waals surface area contributed by atoms with E-state index in [0.717, 1.165) is 38.2 Å². The maximum atomic E-state index is 12.7. The molecule has 2 fully saturated rings. The number of amides is 1. The molecule has 0 bridgehead atoms. The number of β-amino-alcohol motifs (C(OH)–C–C–N with tert-alkyl or cyclic N) is 1. The Morgan fingerprint density at radius 3 is 2.72 bits per heavy atom. The molecule has 1 aromatic rings. The van der Waals surface area contributed by atoms with Crippen LogP contribution in [0.1, 0.15) is 55.3 Å². The minimum atomic E-state index is -0.700. The molecule has 0 aromatic carbocycles. The van der Waals surface area contributed by atoms with Gasteiger partial charge in [0.1, 0.15) is 5.76 Å². The van der Waals surface area contributed by atoms with Gasteiger partial charge in [-0.3, -0.25) is 9.69 Å². The first-order valence-electron chi connectivity index (χ1n) is 9.47. The van der Waals surface area contributed by atoms with E-state index in [1.165, 1.54) is 12.8 Å². The van der Waals surface area contributed by atoms with Gasteiger partial charge in [-0.05, 0) is 50.9 Å².